The molecule has 0 spiro atoms. The number of allylic oxidation sites excluding steroid dienone is 2. The van der Waals surface area contributed by atoms with Crippen LogP contribution in [0.4, 0.5) is 4.79 Å². The fraction of sp³-hybridized carbons (Fsp3) is 0.375. The molecule has 0 fully saturated rings. The number of hydrogen-bond acceptors (Lipinski definition) is 5. The summed E-state index contributed by atoms with van der Waals surface area (Å²) >= 11 is 0. The number of hydrogen-bond donors (Lipinski definition) is 1. The van der Waals surface area contributed by atoms with Crippen molar-refractivity contribution in [1.82, 2.24) is 5.32 Å². The number of amides is 1. The summed E-state index contributed by atoms with van der Waals surface area (Å²) in [5.74, 6) is -0.0968. The highest BCUT2D eigenvalue weighted by atomic mass is 16.6. The standard InChI is InChI=1S/C8H11NO5/c1-9-8(12)14-5-4-13-7(6-11)2-3-10/h2-3,6H,4-5H2,1H3,(H,9,12). The zero-order valence-electron chi connectivity index (χ0n) is 7.69. The summed E-state index contributed by atoms with van der Waals surface area (Å²) in [6.07, 6.45) is 1.23. The lowest BCUT2D eigenvalue weighted by molar-refractivity contribution is -0.109. The lowest BCUT2D eigenvalue weighted by Crippen LogP contribution is -2.21. The predicted octanol–water partition coefficient (Wildman–Crippen LogP) is -0.359. The second-order valence-corrected chi connectivity index (χ2v) is 2.06. The van der Waals surface area contributed by atoms with Gasteiger partial charge in [0.1, 0.15) is 19.5 Å². The van der Waals surface area contributed by atoms with Crippen LogP contribution in [-0.4, -0.2) is 38.9 Å². The van der Waals surface area contributed by atoms with Gasteiger partial charge in [0.05, 0.1) is 0 Å². The number of ether oxygens (including phenoxy) is 2. The second kappa shape index (κ2) is 7.78. The van der Waals surface area contributed by atoms with Crippen LogP contribution in [0.5, 0.6) is 0 Å². The van der Waals surface area contributed by atoms with E-state index in [1.807, 2.05) is 0 Å². The van der Waals surface area contributed by atoms with Crippen LogP contribution in [0.2, 0.25) is 0 Å². The molecule has 0 saturated heterocycles. The van der Waals surface area contributed by atoms with Crippen molar-refractivity contribution in [2.45, 2.75) is 0 Å². The lowest BCUT2D eigenvalue weighted by atomic mass is 10.5. The largest absolute Gasteiger partial charge is 0.486 e. The lowest BCUT2D eigenvalue weighted by Gasteiger charge is -2.05. The first-order valence-electron chi connectivity index (χ1n) is 3.82. The Balaban J connectivity index is 3.62. The van der Waals surface area contributed by atoms with Crippen molar-refractivity contribution in [2.24, 2.45) is 0 Å². The maximum absolute atomic E-state index is 10.5. The molecule has 0 saturated carbocycles. The van der Waals surface area contributed by atoms with Crippen LogP contribution < -0.4 is 5.32 Å². The number of rotatable bonds is 6. The summed E-state index contributed by atoms with van der Waals surface area (Å²) in [7, 11) is 1.42. The van der Waals surface area contributed by atoms with Gasteiger partial charge in [0.15, 0.2) is 12.0 Å². The Morgan fingerprint density at radius 2 is 1.93 bits per heavy atom. The zero-order valence-corrected chi connectivity index (χ0v) is 7.69. The Morgan fingerprint density at radius 3 is 2.43 bits per heavy atom. The van der Waals surface area contributed by atoms with E-state index >= 15 is 0 Å². The molecular weight excluding hydrogens is 190 g/mol. The number of aldehydes is 2. The minimum Gasteiger partial charge on any atom is -0.486 e. The fourth-order valence-corrected chi connectivity index (χ4v) is 0.555. The summed E-state index contributed by atoms with van der Waals surface area (Å²) in [6.45, 7) is 0.0234. The van der Waals surface area contributed by atoms with Crippen molar-refractivity contribution in [2.75, 3.05) is 20.3 Å². The van der Waals surface area contributed by atoms with Crippen LogP contribution in [0.1, 0.15) is 0 Å². The average Bonchev–Trinajstić information content (AvgIpc) is 2.22. The normalized spacial score (nSPS) is 10.2. The van der Waals surface area contributed by atoms with Gasteiger partial charge in [0, 0.05) is 13.1 Å². The molecule has 0 aliphatic heterocycles. The number of carbonyl (C=O) groups is 3. The van der Waals surface area contributed by atoms with E-state index in [4.69, 9.17) is 4.74 Å². The topological polar surface area (TPSA) is 81.7 Å². The van der Waals surface area contributed by atoms with Gasteiger partial charge in [-0.25, -0.2) is 4.79 Å². The molecule has 0 bridgehead atoms. The van der Waals surface area contributed by atoms with Crippen molar-refractivity contribution in [3.63, 3.8) is 0 Å². The first-order valence-corrected chi connectivity index (χ1v) is 3.82. The van der Waals surface area contributed by atoms with Crippen LogP contribution in [0, 0.1) is 0 Å². The highest BCUT2D eigenvalue weighted by Crippen LogP contribution is 1.91. The molecule has 14 heavy (non-hydrogen) atoms. The van der Waals surface area contributed by atoms with Gasteiger partial charge >= 0.3 is 6.09 Å². The van der Waals surface area contributed by atoms with Crippen LogP contribution in [0.15, 0.2) is 11.8 Å². The molecule has 78 valence electrons. The zero-order chi connectivity index (χ0) is 10.8. The van der Waals surface area contributed by atoms with E-state index in [0.717, 1.165) is 6.08 Å². The summed E-state index contributed by atoms with van der Waals surface area (Å²) in [5, 5.41) is 2.24. The Labute approximate surface area is 80.9 Å². The third kappa shape index (κ3) is 5.76. The van der Waals surface area contributed by atoms with Gasteiger partial charge < -0.3 is 14.8 Å². The smallest absolute Gasteiger partial charge is 0.406 e. The van der Waals surface area contributed by atoms with Crippen molar-refractivity contribution in [1.29, 1.82) is 0 Å². The van der Waals surface area contributed by atoms with Gasteiger partial charge in [0.25, 0.3) is 0 Å². The van der Waals surface area contributed by atoms with E-state index in [1.165, 1.54) is 7.05 Å². The summed E-state index contributed by atoms with van der Waals surface area (Å²) in [6, 6.07) is 0. The Bertz CT molecular complexity index is 236. The van der Waals surface area contributed by atoms with E-state index in [0.29, 0.717) is 12.6 Å². The van der Waals surface area contributed by atoms with Gasteiger partial charge in [-0.15, -0.1) is 0 Å². The van der Waals surface area contributed by atoms with Gasteiger partial charge in [-0.1, -0.05) is 0 Å². The minimum absolute atomic E-state index is 0.00368. The average molecular weight is 201 g/mol. The van der Waals surface area contributed by atoms with Gasteiger partial charge in [0.2, 0.25) is 0 Å². The third-order valence-electron chi connectivity index (χ3n) is 1.14. The van der Waals surface area contributed by atoms with Crippen molar-refractivity contribution in [3.05, 3.63) is 11.8 Å². The molecule has 6 heteroatoms. The number of nitrogens with one attached hydrogen (secondary N) is 1. The van der Waals surface area contributed by atoms with Crippen LogP contribution >= 0.6 is 0 Å². The van der Waals surface area contributed by atoms with Gasteiger partial charge in [-0.2, -0.15) is 0 Å². The molecular formula is C8H11NO5. The Kier molecular flexibility index (Phi) is 6.75. The molecule has 1 amide bonds. The second-order valence-electron chi connectivity index (χ2n) is 2.06. The SMILES string of the molecule is CNC(=O)OCCOC(C=O)=CC=O. The van der Waals surface area contributed by atoms with E-state index in [1.54, 1.807) is 0 Å². The summed E-state index contributed by atoms with van der Waals surface area (Å²) < 4.78 is 9.34. The third-order valence-corrected chi connectivity index (χ3v) is 1.14. The monoisotopic (exact) mass is 201 g/mol. The van der Waals surface area contributed by atoms with Crippen LogP contribution in [-0.2, 0) is 19.1 Å². The van der Waals surface area contributed by atoms with Crippen molar-refractivity contribution < 1.29 is 23.9 Å². The summed E-state index contributed by atoms with van der Waals surface area (Å²) in [5.41, 5.74) is 0. The molecule has 0 rings (SSSR count). The predicted molar refractivity (Wildman–Crippen MR) is 46.6 cm³/mol. The fourth-order valence-electron chi connectivity index (χ4n) is 0.555. The maximum atomic E-state index is 10.5. The molecule has 0 unspecified atom stereocenters. The molecule has 0 aromatic rings. The highest BCUT2D eigenvalue weighted by molar-refractivity contribution is 5.79. The first kappa shape index (κ1) is 12.2. The molecule has 0 aliphatic carbocycles. The first-order chi connectivity index (χ1) is 6.74. The van der Waals surface area contributed by atoms with Crippen LogP contribution in [0.25, 0.3) is 0 Å². The highest BCUT2D eigenvalue weighted by Gasteiger charge is 1.98. The number of carbonyl (C=O) groups excluding carboxylic acids is 3. The molecule has 0 aromatic carbocycles. The van der Waals surface area contributed by atoms with Gasteiger partial charge in [-0.05, 0) is 0 Å². The Morgan fingerprint density at radius 1 is 1.29 bits per heavy atom. The molecule has 0 aromatic heterocycles. The number of alkyl carbamates (subject to hydrolysis) is 1. The maximum Gasteiger partial charge on any atom is 0.406 e. The Hall–Kier alpha value is -1.85. The summed E-state index contributed by atoms with van der Waals surface area (Å²) in [4.78, 5) is 30.7. The van der Waals surface area contributed by atoms with Crippen LogP contribution in [0.3, 0.4) is 0 Å². The molecule has 0 heterocycles. The molecule has 0 aliphatic rings. The van der Waals surface area contributed by atoms with E-state index in [-0.39, 0.29) is 19.0 Å². The van der Waals surface area contributed by atoms with Crippen molar-refractivity contribution >= 4 is 18.7 Å². The minimum atomic E-state index is -0.583. The quantitative estimate of drug-likeness (QED) is 0.274. The molecule has 1 N–H and O–H groups in total. The van der Waals surface area contributed by atoms with E-state index < -0.39 is 6.09 Å². The molecule has 6 nitrogen and oxygen atoms in total. The molecule has 0 atom stereocenters. The van der Waals surface area contributed by atoms with E-state index in [9.17, 15) is 14.4 Å². The van der Waals surface area contributed by atoms with E-state index in [2.05, 4.69) is 10.1 Å². The van der Waals surface area contributed by atoms with Crippen molar-refractivity contribution in [3.8, 4) is 0 Å². The van der Waals surface area contributed by atoms with Gasteiger partial charge in [-0.3, -0.25) is 9.59 Å². The molecule has 0 radical (unpaired) electrons.